The van der Waals surface area contributed by atoms with Gasteiger partial charge >= 0.3 is 0 Å². The normalized spacial score (nSPS) is 11.2. The van der Waals surface area contributed by atoms with Crippen molar-refractivity contribution in [1.29, 1.82) is 0 Å². The molecule has 5 nitrogen and oxygen atoms in total. The molecule has 3 rings (SSSR count). The van der Waals surface area contributed by atoms with Crippen molar-refractivity contribution >= 4 is 43.2 Å². The first-order valence-electron chi connectivity index (χ1n) is 9.38. The van der Waals surface area contributed by atoms with Gasteiger partial charge in [0.15, 0.2) is 0 Å². The summed E-state index contributed by atoms with van der Waals surface area (Å²) in [6, 6.07) is 19.2. The molecule has 0 unspecified atom stereocenters. The monoisotopic (exact) mass is 486 g/mol. The van der Waals surface area contributed by atoms with Gasteiger partial charge in [0.25, 0.3) is 10.0 Å². The number of amides is 1. The zero-order valence-electron chi connectivity index (χ0n) is 17.0. The maximum Gasteiger partial charge on any atom is 0.264 e. The molecule has 7 heteroatoms. The van der Waals surface area contributed by atoms with Crippen molar-refractivity contribution < 1.29 is 13.2 Å². The minimum atomic E-state index is -3.93. The summed E-state index contributed by atoms with van der Waals surface area (Å²) in [6.45, 7) is 5.35. The number of hydrogen-bond acceptors (Lipinski definition) is 3. The Labute approximate surface area is 185 Å². The van der Waals surface area contributed by atoms with Gasteiger partial charge in [0.2, 0.25) is 5.91 Å². The Balaban J connectivity index is 1.97. The van der Waals surface area contributed by atoms with Crippen molar-refractivity contribution in [3.63, 3.8) is 0 Å². The van der Waals surface area contributed by atoms with Gasteiger partial charge in [-0.2, -0.15) is 0 Å². The minimum absolute atomic E-state index is 0.142. The molecular weight excluding hydrogens is 464 g/mol. The smallest absolute Gasteiger partial charge is 0.264 e. The predicted octanol–water partition coefficient (Wildman–Crippen LogP) is 5.21. The number of carbonyl (C=O) groups excluding carboxylic acids is 1. The fraction of sp³-hybridized carbons (Fsp3) is 0.174. The summed E-state index contributed by atoms with van der Waals surface area (Å²) in [5.74, 6) is -0.424. The molecule has 0 atom stereocenters. The van der Waals surface area contributed by atoms with Crippen molar-refractivity contribution in [3.05, 3.63) is 87.9 Å². The number of aryl methyl sites for hydroxylation is 3. The van der Waals surface area contributed by atoms with E-state index in [1.807, 2.05) is 26.8 Å². The van der Waals surface area contributed by atoms with Crippen LogP contribution in [0.4, 0.5) is 11.4 Å². The number of nitrogens with one attached hydrogen (secondary N) is 1. The van der Waals surface area contributed by atoms with E-state index in [2.05, 4.69) is 21.2 Å². The largest absolute Gasteiger partial charge is 0.325 e. The van der Waals surface area contributed by atoms with Crippen LogP contribution in [0.2, 0.25) is 0 Å². The fourth-order valence-corrected chi connectivity index (χ4v) is 4.78. The number of sulfonamides is 1. The van der Waals surface area contributed by atoms with E-state index < -0.39 is 15.9 Å². The van der Waals surface area contributed by atoms with Crippen LogP contribution in [0.15, 0.2) is 76.1 Å². The quantitative estimate of drug-likeness (QED) is 0.519. The highest BCUT2D eigenvalue weighted by Gasteiger charge is 2.27. The van der Waals surface area contributed by atoms with Crippen LogP contribution < -0.4 is 9.62 Å². The van der Waals surface area contributed by atoms with Gasteiger partial charge in [-0.3, -0.25) is 9.10 Å². The van der Waals surface area contributed by atoms with Crippen LogP contribution in [0.25, 0.3) is 0 Å². The maximum absolute atomic E-state index is 13.4. The average molecular weight is 487 g/mol. The van der Waals surface area contributed by atoms with E-state index in [0.29, 0.717) is 11.4 Å². The first-order chi connectivity index (χ1) is 14.1. The van der Waals surface area contributed by atoms with Crippen molar-refractivity contribution in [2.24, 2.45) is 0 Å². The summed E-state index contributed by atoms with van der Waals surface area (Å²) in [5, 5.41) is 2.77. The first kappa shape index (κ1) is 22.1. The fourth-order valence-electron chi connectivity index (χ4n) is 3.11. The van der Waals surface area contributed by atoms with Crippen LogP contribution >= 0.6 is 15.9 Å². The van der Waals surface area contributed by atoms with Gasteiger partial charge in [-0.25, -0.2) is 8.42 Å². The zero-order chi connectivity index (χ0) is 21.9. The number of anilines is 2. The lowest BCUT2D eigenvalue weighted by molar-refractivity contribution is -0.114. The van der Waals surface area contributed by atoms with Crippen LogP contribution in [-0.2, 0) is 14.8 Å². The summed E-state index contributed by atoms with van der Waals surface area (Å²) >= 11 is 3.35. The molecule has 1 amide bonds. The molecule has 3 aromatic rings. The molecule has 0 aliphatic carbocycles. The van der Waals surface area contributed by atoms with Gasteiger partial charge in [0.05, 0.1) is 10.6 Å². The van der Waals surface area contributed by atoms with E-state index in [0.717, 1.165) is 25.5 Å². The summed E-state index contributed by atoms with van der Waals surface area (Å²) in [7, 11) is -3.93. The molecule has 0 aromatic heterocycles. The molecule has 3 aromatic carbocycles. The van der Waals surface area contributed by atoms with Gasteiger partial charge in [-0.1, -0.05) is 39.7 Å². The molecule has 0 saturated heterocycles. The number of hydrogen-bond donors (Lipinski definition) is 1. The number of carbonyl (C=O) groups is 1. The maximum atomic E-state index is 13.4. The molecule has 0 saturated carbocycles. The third-order valence-electron chi connectivity index (χ3n) is 4.52. The third-order valence-corrected chi connectivity index (χ3v) is 6.84. The molecular formula is C23H23BrN2O3S. The Morgan fingerprint density at radius 2 is 1.43 bits per heavy atom. The lowest BCUT2D eigenvalue weighted by Crippen LogP contribution is -2.38. The zero-order valence-corrected chi connectivity index (χ0v) is 19.4. The first-order valence-corrected chi connectivity index (χ1v) is 11.6. The number of rotatable bonds is 6. The number of benzene rings is 3. The minimum Gasteiger partial charge on any atom is -0.325 e. The molecule has 0 bridgehead atoms. The molecule has 0 aliphatic heterocycles. The lowest BCUT2D eigenvalue weighted by Gasteiger charge is -2.25. The van der Waals surface area contributed by atoms with Crippen molar-refractivity contribution in [3.8, 4) is 0 Å². The van der Waals surface area contributed by atoms with E-state index in [1.165, 1.54) is 0 Å². The molecule has 0 spiro atoms. The Hall–Kier alpha value is -2.64. The Bertz CT molecular complexity index is 1140. The van der Waals surface area contributed by atoms with E-state index in [-0.39, 0.29) is 11.4 Å². The second-order valence-corrected chi connectivity index (χ2v) is 10.0. The highest BCUT2D eigenvalue weighted by molar-refractivity contribution is 9.10. The standard InChI is InChI=1S/C23H23BrN2O3S/c1-16-4-10-22(11-5-16)30(28,29)26(21-13-17(2)12-18(3)14-21)15-23(27)25-20-8-6-19(24)7-9-20/h4-14H,15H2,1-3H3,(H,25,27). The van der Waals surface area contributed by atoms with Gasteiger partial charge in [-0.05, 0) is 80.4 Å². The lowest BCUT2D eigenvalue weighted by atomic mass is 10.1. The van der Waals surface area contributed by atoms with Crippen LogP contribution in [-0.4, -0.2) is 20.9 Å². The Morgan fingerprint density at radius 1 is 0.867 bits per heavy atom. The van der Waals surface area contributed by atoms with Crippen LogP contribution in [0.1, 0.15) is 16.7 Å². The van der Waals surface area contributed by atoms with Crippen molar-refractivity contribution in [2.45, 2.75) is 25.7 Å². The second kappa shape index (κ2) is 9.02. The van der Waals surface area contributed by atoms with E-state index >= 15 is 0 Å². The van der Waals surface area contributed by atoms with E-state index in [1.54, 1.807) is 60.7 Å². The highest BCUT2D eigenvalue weighted by atomic mass is 79.9. The number of halogens is 1. The Morgan fingerprint density at radius 3 is 2.00 bits per heavy atom. The summed E-state index contributed by atoms with van der Waals surface area (Å²) in [5.41, 5.74) is 3.85. The third kappa shape index (κ3) is 5.29. The molecule has 1 N–H and O–H groups in total. The molecule has 0 aliphatic rings. The molecule has 30 heavy (non-hydrogen) atoms. The van der Waals surface area contributed by atoms with Gasteiger partial charge in [0.1, 0.15) is 6.54 Å². The van der Waals surface area contributed by atoms with Gasteiger partial charge in [0, 0.05) is 10.2 Å². The summed E-state index contributed by atoms with van der Waals surface area (Å²) < 4.78 is 28.9. The number of nitrogens with zero attached hydrogens (tertiary/aromatic N) is 1. The SMILES string of the molecule is Cc1ccc(S(=O)(=O)N(CC(=O)Nc2ccc(Br)cc2)c2cc(C)cc(C)c2)cc1. The van der Waals surface area contributed by atoms with E-state index in [4.69, 9.17) is 0 Å². The van der Waals surface area contributed by atoms with Crippen LogP contribution in [0.3, 0.4) is 0 Å². The average Bonchev–Trinajstić information content (AvgIpc) is 2.67. The van der Waals surface area contributed by atoms with E-state index in [9.17, 15) is 13.2 Å². The van der Waals surface area contributed by atoms with Gasteiger partial charge in [-0.15, -0.1) is 0 Å². The molecule has 156 valence electrons. The highest BCUT2D eigenvalue weighted by Crippen LogP contribution is 2.26. The predicted molar refractivity (Wildman–Crippen MR) is 124 cm³/mol. The second-order valence-electron chi connectivity index (χ2n) is 7.23. The summed E-state index contributed by atoms with van der Waals surface area (Å²) in [6.07, 6.45) is 0. The topological polar surface area (TPSA) is 66.5 Å². The van der Waals surface area contributed by atoms with Gasteiger partial charge < -0.3 is 5.32 Å². The summed E-state index contributed by atoms with van der Waals surface area (Å²) in [4.78, 5) is 12.9. The molecule has 0 fully saturated rings. The van der Waals surface area contributed by atoms with Crippen molar-refractivity contribution in [1.82, 2.24) is 0 Å². The Kier molecular flexibility index (Phi) is 6.63. The van der Waals surface area contributed by atoms with Crippen LogP contribution in [0.5, 0.6) is 0 Å². The molecule has 0 radical (unpaired) electrons. The van der Waals surface area contributed by atoms with Crippen LogP contribution in [0, 0.1) is 20.8 Å². The molecule has 0 heterocycles. The van der Waals surface area contributed by atoms with Crippen molar-refractivity contribution in [2.75, 3.05) is 16.2 Å².